The Balaban J connectivity index is 4.26. The molecule has 0 aromatic heterocycles. The molecule has 0 saturated heterocycles. The molecule has 1 N–H and O–H groups in total. The molecule has 1 atom stereocenters. The van der Waals surface area contributed by atoms with Gasteiger partial charge in [0, 0.05) is 0 Å². The SMILES string of the molecule is CCNCC(CC(C)(C)C)C(C)(C)C. The summed E-state index contributed by atoms with van der Waals surface area (Å²) >= 11 is 0. The summed E-state index contributed by atoms with van der Waals surface area (Å²) in [6.07, 6.45) is 1.30. The van der Waals surface area contributed by atoms with Gasteiger partial charge in [0.05, 0.1) is 0 Å². The van der Waals surface area contributed by atoms with Gasteiger partial charge >= 0.3 is 0 Å². The van der Waals surface area contributed by atoms with Gasteiger partial charge in [0.15, 0.2) is 0 Å². The molecule has 0 rings (SSSR count). The summed E-state index contributed by atoms with van der Waals surface area (Å²) < 4.78 is 0. The number of rotatable bonds is 4. The van der Waals surface area contributed by atoms with Crippen LogP contribution in [0.15, 0.2) is 0 Å². The van der Waals surface area contributed by atoms with Crippen molar-refractivity contribution >= 4 is 0 Å². The van der Waals surface area contributed by atoms with Gasteiger partial charge in [-0.2, -0.15) is 0 Å². The third-order valence-electron chi connectivity index (χ3n) is 2.72. The Bertz CT molecular complexity index is 148. The first-order valence-corrected chi connectivity index (χ1v) is 5.87. The van der Waals surface area contributed by atoms with Gasteiger partial charge < -0.3 is 5.32 Å². The lowest BCUT2D eigenvalue weighted by atomic mass is 9.72. The van der Waals surface area contributed by atoms with Crippen molar-refractivity contribution in [3.05, 3.63) is 0 Å². The first kappa shape index (κ1) is 14.0. The van der Waals surface area contributed by atoms with Crippen molar-refractivity contribution < 1.29 is 0 Å². The Morgan fingerprint density at radius 3 is 1.79 bits per heavy atom. The molecule has 0 aliphatic carbocycles. The quantitative estimate of drug-likeness (QED) is 0.728. The van der Waals surface area contributed by atoms with Crippen LogP contribution in [0, 0.1) is 16.7 Å². The highest BCUT2D eigenvalue weighted by molar-refractivity contribution is 4.80. The molecule has 0 saturated carbocycles. The van der Waals surface area contributed by atoms with Gasteiger partial charge in [-0.3, -0.25) is 0 Å². The van der Waals surface area contributed by atoms with Crippen LogP contribution in [-0.2, 0) is 0 Å². The standard InChI is InChI=1S/C13H29N/c1-8-14-10-11(13(5,6)7)9-12(2,3)4/h11,14H,8-10H2,1-7H3. The molecule has 14 heavy (non-hydrogen) atoms. The Labute approximate surface area is 90.7 Å². The Morgan fingerprint density at radius 1 is 1.00 bits per heavy atom. The fourth-order valence-electron chi connectivity index (χ4n) is 1.74. The smallest absolute Gasteiger partial charge is 0.00154 e. The zero-order valence-electron chi connectivity index (χ0n) is 11.2. The van der Waals surface area contributed by atoms with Gasteiger partial charge in [-0.1, -0.05) is 48.5 Å². The molecule has 0 aromatic carbocycles. The monoisotopic (exact) mass is 199 g/mol. The largest absolute Gasteiger partial charge is 0.317 e. The van der Waals surface area contributed by atoms with Crippen molar-refractivity contribution in [3.63, 3.8) is 0 Å². The van der Waals surface area contributed by atoms with Crippen molar-refractivity contribution in [2.24, 2.45) is 16.7 Å². The van der Waals surface area contributed by atoms with Gasteiger partial charge in [-0.25, -0.2) is 0 Å². The zero-order chi connectivity index (χ0) is 11.4. The molecule has 0 amide bonds. The summed E-state index contributed by atoms with van der Waals surface area (Å²) in [6.45, 7) is 18.4. The minimum absolute atomic E-state index is 0.412. The van der Waals surface area contributed by atoms with Crippen LogP contribution >= 0.6 is 0 Å². The molecule has 1 heteroatoms. The Hall–Kier alpha value is -0.0400. The van der Waals surface area contributed by atoms with Crippen LogP contribution in [0.5, 0.6) is 0 Å². The predicted molar refractivity (Wildman–Crippen MR) is 65.6 cm³/mol. The number of hydrogen-bond donors (Lipinski definition) is 1. The summed E-state index contributed by atoms with van der Waals surface area (Å²) in [5.41, 5.74) is 0.850. The number of hydrogen-bond acceptors (Lipinski definition) is 1. The summed E-state index contributed by atoms with van der Waals surface area (Å²) in [6, 6.07) is 0. The van der Waals surface area contributed by atoms with Crippen LogP contribution in [0.25, 0.3) is 0 Å². The van der Waals surface area contributed by atoms with Crippen LogP contribution in [0.2, 0.25) is 0 Å². The predicted octanol–water partition coefficient (Wildman–Crippen LogP) is 3.69. The normalized spacial score (nSPS) is 15.6. The molecule has 1 unspecified atom stereocenters. The van der Waals surface area contributed by atoms with E-state index in [1.54, 1.807) is 0 Å². The van der Waals surface area contributed by atoms with E-state index in [1.807, 2.05) is 0 Å². The molecule has 86 valence electrons. The van der Waals surface area contributed by atoms with Crippen LogP contribution in [0.3, 0.4) is 0 Å². The summed E-state index contributed by atoms with van der Waals surface area (Å²) in [5, 5.41) is 3.48. The van der Waals surface area contributed by atoms with E-state index in [4.69, 9.17) is 0 Å². The number of nitrogens with one attached hydrogen (secondary N) is 1. The zero-order valence-corrected chi connectivity index (χ0v) is 11.2. The maximum Gasteiger partial charge on any atom is -0.00154 e. The second-order valence-corrected chi connectivity index (χ2v) is 6.64. The lowest BCUT2D eigenvalue weighted by Gasteiger charge is -2.35. The molecule has 0 bridgehead atoms. The van der Waals surface area contributed by atoms with Gasteiger partial charge in [0.25, 0.3) is 0 Å². The summed E-state index contributed by atoms with van der Waals surface area (Å²) in [5.74, 6) is 0.766. The van der Waals surface area contributed by atoms with Crippen molar-refractivity contribution in [2.75, 3.05) is 13.1 Å². The van der Waals surface area contributed by atoms with Gasteiger partial charge in [0.1, 0.15) is 0 Å². The summed E-state index contributed by atoms with van der Waals surface area (Å²) in [7, 11) is 0. The van der Waals surface area contributed by atoms with Crippen LogP contribution < -0.4 is 5.32 Å². The third kappa shape index (κ3) is 6.42. The molecule has 1 nitrogen and oxygen atoms in total. The maximum absolute atomic E-state index is 3.48. The van der Waals surface area contributed by atoms with Gasteiger partial charge in [0.2, 0.25) is 0 Å². The van der Waals surface area contributed by atoms with E-state index in [1.165, 1.54) is 6.42 Å². The van der Waals surface area contributed by atoms with Crippen molar-refractivity contribution in [3.8, 4) is 0 Å². The van der Waals surface area contributed by atoms with E-state index in [0.717, 1.165) is 19.0 Å². The molecular formula is C13H29N. The fourth-order valence-corrected chi connectivity index (χ4v) is 1.74. The molecule has 0 fully saturated rings. The highest BCUT2D eigenvalue weighted by Gasteiger charge is 2.28. The third-order valence-corrected chi connectivity index (χ3v) is 2.72. The van der Waals surface area contributed by atoms with E-state index in [0.29, 0.717) is 10.8 Å². The van der Waals surface area contributed by atoms with E-state index >= 15 is 0 Å². The molecule has 0 radical (unpaired) electrons. The van der Waals surface area contributed by atoms with Crippen molar-refractivity contribution in [1.29, 1.82) is 0 Å². The van der Waals surface area contributed by atoms with Crippen LogP contribution in [0.1, 0.15) is 54.9 Å². The first-order valence-electron chi connectivity index (χ1n) is 5.87. The average molecular weight is 199 g/mol. The lowest BCUT2D eigenvalue weighted by molar-refractivity contribution is 0.162. The Morgan fingerprint density at radius 2 is 1.50 bits per heavy atom. The average Bonchev–Trinajstić information content (AvgIpc) is 1.93. The van der Waals surface area contributed by atoms with E-state index in [2.05, 4.69) is 53.8 Å². The lowest BCUT2D eigenvalue weighted by Crippen LogP contribution is -2.34. The van der Waals surface area contributed by atoms with Crippen LogP contribution in [-0.4, -0.2) is 13.1 Å². The highest BCUT2D eigenvalue weighted by Crippen LogP contribution is 2.35. The molecule has 0 spiro atoms. The van der Waals surface area contributed by atoms with Crippen molar-refractivity contribution in [1.82, 2.24) is 5.32 Å². The van der Waals surface area contributed by atoms with Crippen molar-refractivity contribution in [2.45, 2.75) is 54.9 Å². The van der Waals surface area contributed by atoms with Gasteiger partial charge in [-0.05, 0) is 36.3 Å². The van der Waals surface area contributed by atoms with E-state index < -0.39 is 0 Å². The first-order chi connectivity index (χ1) is 6.17. The Kier molecular flexibility index (Phi) is 5.14. The second-order valence-electron chi connectivity index (χ2n) is 6.64. The molecule has 0 aromatic rings. The summed E-state index contributed by atoms with van der Waals surface area (Å²) in [4.78, 5) is 0. The van der Waals surface area contributed by atoms with Crippen LogP contribution in [0.4, 0.5) is 0 Å². The minimum atomic E-state index is 0.412. The maximum atomic E-state index is 3.48. The molecule has 0 heterocycles. The highest BCUT2D eigenvalue weighted by atomic mass is 14.8. The fraction of sp³-hybridized carbons (Fsp3) is 1.00. The molecule has 0 aliphatic rings. The minimum Gasteiger partial charge on any atom is -0.317 e. The van der Waals surface area contributed by atoms with E-state index in [9.17, 15) is 0 Å². The van der Waals surface area contributed by atoms with Gasteiger partial charge in [-0.15, -0.1) is 0 Å². The van der Waals surface area contributed by atoms with E-state index in [-0.39, 0.29) is 0 Å². The second kappa shape index (κ2) is 5.16. The molecular weight excluding hydrogens is 170 g/mol. The molecule has 0 aliphatic heterocycles. The topological polar surface area (TPSA) is 12.0 Å².